The maximum absolute atomic E-state index is 13.9. The molecule has 3 aromatic rings. The minimum atomic E-state index is -0.235. The standard InChI is InChI=1S/C22H27FN6O/c1-15(2)28-14-24-26-22(28)19-6-5-7-21(25-19)29-20-9-8-18(23)12-17(20)13-27(29)10-11-30-16(3)4/h5-9,12,14-16H,10-11,13H2,1-4H3. The lowest BCUT2D eigenvalue weighted by molar-refractivity contribution is 0.0593. The Morgan fingerprint density at radius 3 is 2.73 bits per heavy atom. The number of anilines is 2. The Bertz CT molecular complexity index is 1020. The van der Waals surface area contributed by atoms with Crippen molar-refractivity contribution in [2.75, 3.05) is 18.2 Å². The normalized spacial score (nSPS) is 14.2. The molecule has 1 aliphatic heterocycles. The summed E-state index contributed by atoms with van der Waals surface area (Å²) in [5, 5.41) is 12.5. The van der Waals surface area contributed by atoms with Crippen molar-refractivity contribution in [1.82, 2.24) is 24.8 Å². The van der Waals surface area contributed by atoms with Crippen molar-refractivity contribution in [2.45, 2.75) is 46.4 Å². The van der Waals surface area contributed by atoms with Crippen LogP contribution in [0.3, 0.4) is 0 Å². The first-order chi connectivity index (χ1) is 14.4. The van der Waals surface area contributed by atoms with E-state index in [4.69, 9.17) is 9.72 Å². The van der Waals surface area contributed by atoms with Crippen LogP contribution in [0, 0.1) is 5.82 Å². The lowest BCUT2D eigenvalue weighted by atomic mass is 10.2. The first-order valence-electron chi connectivity index (χ1n) is 10.3. The second-order valence-corrected chi connectivity index (χ2v) is 7.93. The first-order valence-corrected chi connectivity index (χ1v) is 10.3. The molecule has 0 unspecified atom stereocenters. The van der Waals surface area contributed by atoms with E-state index < -0.39 is 0 Å². The van der Waals surface area contributed by atoms with Gasteiger partial charge in [0.1, 0.15) is 23.7 Å². The highest BCUT2D eigenvalue weighted by molar-refractivity contribution is 5.67. The van der Waals surface area contributed by atoms with Crippen LogP contribution in [0.25, 0.3) is 11.5 Å². The smallest absolute Gasteiger partial charge is 0.182 e. The minimum absolute atomic E-state index is 0.157. The third kappa shape index (κ3) is 4.06. The molecule has 0 fully saturated rings. The molecule has 0 amide bonds. The zero-order chi connectivity index (χ0) is 21.3. The molecule has 1 aromatic carbocycles. The van der Waals surface area contributed by atoms with Gasteiger partial charge < -0.3 is 9.30 Å². The fourth-order valence-corrected chi connectivity index (χ4v) is 3.62. The van der Waals surface area contributed by atoms with Crippen molar-refractivity contribution in [3.05, 3.63) is 54.1 Å². The maximum atomic E-state index is 13.9. The summed E-state index contributed by atoms with van der Waals surface area (Å²) >= 11 is 0. The third-order valence-corrected chi connectivity index (χ3v) is 5.02. The quantitative estimate of drug-likeness (QED) is 0.577. The van der Waals surface area contributed by atoms with E-state index in [1.807, 2.05) is 41.6 Å². The van der Waals surface area contributed by atoms with Gasteiger partial charge in [-0.25, -0.2) is 14.4 Å². The van der Waals surface area contributed by atoms with Gasteiger partial charge in [-0.15, -0.1) is 10.2 Å². The Labute approximate surface area is 176 Å². The largest absolute Gasteiger partial charge is 0.377 e. The number of rotatable bonds is 7. The van der Waals surface area contributed by atoms with Crippen LogP contribution in [-0.2, 0) is 11.3 Å². The van der Waals surface area contributed by atoms with E-state index >= 15 is 0 Å². The Morgan fingerprint density at radius 1 is 1.13 bits per heavy atom. The van der Waals surface area contributed by atoms with Gasteiger partial charge in [0.2, 0.25) is 0 Å². The predicted molar refractivity (Wildman–Crippen MR) is 114 cm³/mol. The summed E-state index contributed by atoms with van der Waals surface area (Å²) in [5.41, 5.74) is 2.60. The first kappa shape index (κ1) is 20.4. The van der Waals surface area contributed by atoms with Crippen molar-refractivity contribution in [3.8, 4) is 11.5 Å². The molecule has 0 N–H and O–H groups in total. The molecule has 0 saturated heterocycles. The Kier molecular flexibility index (Phi) is 5.78. The molecule has 1 aliphatic rings. The van der Waals surface area contributed by atoms with E-state index in [0.29, 0.717) is 19.7 Å². The molecule has 0 bridgehead atoms. The van der Waals surface area contributed by atoms with Crippen molar-refractivity contribution in [2.24, 2.45) is 0 Å². The molecule has 0 aliphatic carbocycles. The van der Waals surface area contributed by atoms with Crippen molar-refractivity contribution < 1.29 is 9.13 Å². The molecule has 158 valence electrons. The maximum Gasteiger partial charge on any atom is 0.182 e. The predicted octanol–water partition coefficient (Wildman–Crippen LogP) is 4.35. The zero-order valence-corrected chi connectivity index (χ0v) is 17.8. The summed E-state index contributed by atoms with van der Waals surface area (Å²) in [5.74, 6) is 1.24. The number of halogens is 1. The van der Waals surface area contributed by atoms with Gasteiger partial charge in [-0.2, -0.15) is 0 Å². The second kappa shape index (κ2) is 8.49. The van der Waals surface area contributed by atoms with Gasteiger partial charge in [-0.1, -0.05) is 6.07 Å². The van der Waals surface area contributed by atoms with E-state index in [9.17, 15) is 4.39 Å². The van der Waals surface area contributed by atoms with E-state index in [1.165, 1.54) is 6.07 Å². The molecule has 2 aromatic heterocycles. The lowest BCUT2D eigenvalue weighted by Gasteiger charge is -2.29. The highest BCUT2D eigenvalue weighted by Gasteiger charge is 2.30. The molecule has 0 atom stereocenters. The van der Waals surface area contributed by atoms with Gasteiger partial charge in [0.25, 0.3) is 0 Å². The summed E-state index contributed by atoms with van der Waals surface area (Å²) in [7, 11) is 0. The third-order valence-electron chi connectivity index (χ3n) is 5.02. The van der Waals surface area contributed by atoms with Crippen LogP contribution in [0.15, 0.2) is 42.7 Å². The average Bonchev–Trinajstić information content (AvgIpc) is 3.32. The number of hydrogen-bond donors (Lipinski definition) is 0. The molecule has 8 heteroatoms. The molecule has 7 nitrogen and oxygen atoms in total. The second-order valence-electron chi connectivity index (χ2n) is 7.93. The number of aromatic nitrogens is 4. The summed E-state index contributed by atoms with van der Waals surface area (Å²) in [6.45, 7) is 10.0. The van der Waals surface area contributed by atoms with Crippen LogP contribution >= 0.6 is 0 Å². The molecular formula is C22H27FN6O. The SMILES string of the molecule is CC(C)OCCN1Cc2cc(F)ccc2N1c1cccc(-c2nncn2C(C)C)n1. The van der Waals surface area contributed by atoms with Gasteiger partial charge in [0.15, 0.2) is 5.82 Å². The van der Waals surface area contributed by atoms with Crippen LogP contribution in [0.4, 0.5) is 15.9 Å². The van der Waals surface area contributed by atoms with E-state index in [-0.39, 0.29) is 18.0 Å². The van der Waals surface area contributed by atoms with Gasteiger partial charge in [0, 0.05) is 19.1 Å². The number of benzene rings is 1. The molecule has 3 heterocycles. The molecule has 0 radical (unpaired) electrons. The average molecular weight is 410 g/mol. The Morgan fingerprint density at radius 2 is 1.97 bits per heavy atom. The van der Waals surface area contributed by atoms with Crippen LogP contribution in [0.2, 0.25) is 0 Å². The monoisotopic (exact) mass is 410 g/mol. The summed E-state index contributed by atoms with van der Waals surface area (Å²) in [4.78, 5) is 4.88. The molecule has 0 saturated carbocycles. The van der Waals surface area contributed by atoms with Crippen LogP contribution in [-0.4, -0.2) is 44.0 Å². The number of nitrogens with zero attached hydrogens (tertiary/aromatic N) is 6. The van der Waals surface area contributed by atoms with Crippen LogP contribution in [0.5, 0.6) is 0 Å². The number of pyridine rings is 1. The Hall–Kier alpha value is -2.84. The number of hydrogen-bond acceptors (Lipinski definition) is 6. The fourth-order valence-electron chi connectivity index (χ4n) is 3.62. The molecule has 30 heavy (non-hydrogen) atoms. The topological polar surface area (TPSA) is 59.3 Å². The molecule has 0 spiro atoms. The summed E-state index contributed by atoms with van der Waals surface area (Å²) < 4.78 is 21.6. The highest BCUT2D eigenvalue weighted by atomic mass is 19.1. The van der Waals surface area contributed by atoms with Crippen molar-refractivity contribution >= 4 is 11.5 Å². The summed E-state index contributed by atoms with van der Waals surface area (Å²) in [6.07, 6.45) is 1.88. The number of ether oxygens (including phenoxy) is 1. The van der Waals surface area contributed by atoms with Gasteiger partial charge in [-0.05, 0) is 63.6 Å². The minimum Gasteiger partial charge on any atom is -0.377 e. The van der Waals surface area contributed by atoms with Crippen LogP contribution < -0.4 is 5.01 Å². The molecular weight excluding hydrogens is 383 g/mol. The van der Waals surface area contributed by atoms with Crippen LogP contribution in [0.1, 0.15) is 39.3 Å². The van der Waals surface area contributed by atoms with Gasteiger partial charge in [0.05, 0.1) is 18.4 Å². The number of fused-ring (bicyclic) bond motifs is 1. The molecule has 4 rings (SSSR count). The van der Waals surface area contributed by atoms with E-state index in [2.05, 4.69) is 29.1 Å². The van der Waals surface area contributed by atoms with Crippen molar-refractivity contribution in [1.29, 1.82) is 0 Å². The van der Waals surface area contributed by atoms with E-state index in [0.717, 1.165) is 28.6 Å². The summed E-state index contributed by atoms with van der Waals surface area (Å²) in [6, 6.07) is 10.9. The van der Waals surface area contributed by atoms with Gasteiger partial charge in [-0.3, -0.25) is 5.01 Å². The van der Waals surface area contributed by atoms with Gasteiger partial charge >= 0.3 is 0 Å². The van der Waals surface area contributed by atoms with Crippen molar-refractivity contribution in [3.63, 3.8) is 0 Å². The fraction of sp³-hybridized carbons (Fsp3) is 0.409. The zero-order valence-electron chi connectivity index (χ0n) is 17.8. The van der Waals surface area contributed by atoms with E-state index in [1.54, 1.807) is 18.5 Å². The lowest BCUT2D eigenvalue weighted by Crippen LogP contribution is -2.37. The highest BCUT2D eigenvalue weighted by Crippen LogP contribution is 2.37. The Balaban J connectivity index is 1.70. The number of hydrazine groups is 1.